The zero-order valence-corrected chi connectivity index (χ0v) is 24.2. The van der Waals surface area contributed by atoms with Gasteiger partial charge in [0.15, 0.2) is 0 Å². The van der Waals surface area contributed by atoms with Crippen LogP contribution >= 0.6 is 11.3 Å². The highest BCUT2D eigenvalue weighted by atomic mass is 32.1. The van der Waals surface area contributed by atoms with E-state index in [-0.39, 0.29) is 6.54 Å². The number of aromatic nitrogens is 2. The molecule has 1 saturated carbocycles. The fourth-order valence-electron chi connectivity index (χ4n) is 5.53. The number of aliphatic carboxylic acids is 1. The molecule has 2 heterocycles. The molecule has 4 aromatic rings. The predicted molar refractivity (Wildman–Crippen MR) is 162 cm³/mol. The van der Waals surface area contributed by atoms with Gasteiger partial charge < -0.3 is 10.0 Å². The van der Waals surface area contributed by atoms with Crippen molar-refractivity contribution in [3.8, 4) is 11.3 Å². The summed E-state index contributed by atoms with van der Waals surface area (Å²) in [5.74, 6) is 0.745. The highest BCUT2D eigenvalue weighted by Crippen LogP contribution is 2.35. The van der Waals surface area contributed by atoms with Gasteiger partial charge in [0.25, 0.3) is 0 Å². The van der Waals surface area contributed by atoms with E-state index < -0.39 is 5.97 Å². The van der Waals surface area contributed by atoms with Gasteiger partial charge in [-0.25, -0.2) is 4.98 Å². The average molecular weight is 555 g/mol. The Kier molecular flexibility index (Phi) is 9.24. The molecule has 0 radical (unpaired) electrons. The molecule has 0 spiro atoms. The number of thiazole rings is 1. The molecule has 7 heteroatoms. The third-order valence-electron chi connectivity index (χ3n) is 7.87. The summed E-state index contributed by atoms with van der Waals surface area (Å²) in [6.07, 6.45) is 7.06. The number of pyridine rings is 1. The quantitative estimate of drug-likeness (QED) is 0.211. The topological polar surface area (TPSA) is 69.6 Å². The molecule has 1 aliphatic rings. The van der Waals surface area contributed by atoms with Gasteiger partial charge in [-0.3, -0.25) is 14.7 Å². The van der Waals surface area contributed by atoms with E-state index in [9.17, 15) is 9.90 Å². The molecule has 0 bridgehead atoms. The monoisotopic (exact) mass is 554 g/mol. The van der Waals surface area contributed by atoms with Crippen LogP contribution in [0, 0.1) is 5.92 Å². The van der Waals surface area contributed by atoms with Crippen molar-refractivity contribution in [3.63, 3.8) is 0 Å². The number of carboxylic acids is 1. The first-order valence-corrected chi connectivity index (χ1v) is 15.0. The molecule has 6 nitrogen and oxygen atoms in total. The molecule has 0 atom stereocenters. The van der Waals surface area contributed by atoms with E-state index in [2.05, 4.69) is 72.4 Å². The number of hydrogen-bond acceptors (Lipinski definition) is 6. The molecule has 1 N–H and O–H groups in total. The van der Waals surface area contributed by atoms with Gasteiger partial charge in [0.1, 0.15) is 5.01 Å². The maximum absolute atomic E-state index is 11.4. The third kappa shape index (κ3) is 7.55. The van der Waals surface area contributed by atoms with Crippen molar-refractivity contribution in [2.45, 2.75) is 58.2 Å². The van der Waals surface area contributed by atoms with E-state index in [1.807, 2.05) is 28.5 Å². The van der Waals surface area contributed by atoms with Crippen molar-refractivity contribution in [2.24, 2.45) is 5.92 Å². The largest absolute Gasteiger partial charge is 0.480 e. The maximum Gasteiger partial charge on any atom is 0.317 e. The molecule has 1 fully saturated rings. The van der Waals surface area contributed by atoms with Crippen LogP contribution in [0.1, 0.15) is 60.4 Å². The van der Waals surface area contributed by atoms with Crippen LogP contribution in [-0.2, 0) is 24.4 Å². The fraction of sp³-hybridized carbons (Fsp3) is 0.364. The van der Waals surface area contributed by atoms with Crippen LogP contribution in [-0.4, -0.2) is 39.5 Å². The molecule has 1 aliphatic carbocycles. The van der Waals surface area contributed by atoms with Crippen molar-refractivity contribution >= 4 is 23.0 Å². The number of carbonyl (C=O) groups is 1. The van der Waals surface area contributed by atoms with Gasteiger partial charge in [-0.05, 0) is 60.1 Å². The minimum Gasteiger partial charge on any atom is -0.480 e. The molecule has 40 heavy (non-hydrogen) atoms. The summed E-state index contributed by atoms with van der Waals surface area (Å²) >= 11 is 1.56. The molecule has 2 aromatic carbocycles. The first-order chi connectivity index (χ1) is 19.4. The number of anilines is 1. The van der Waals surface area contributed by atoms with E-state index in [4.69, 9.17) is 4.98 Å². The van der Waals surface area contributed by atoms with E-state index in [0.717, 1.165) is 46.0 Å². The van der Waals surface area contributed by atoms with Crippen LogP contribution in [0.3, 0.4) is 0 Å². The van der Waals surface area contributed by atoms with Gasteiger partial charge >= 0.3 is 5.97 Å². The summed E-state index contributed by atoms with van der Waals surface area (Å²) in [5.41, 5.74) is 6.78. The van der Waals surface area contributed by atoms with Crippen molar-refractivity contribution in [2.75, 3.05) is 18.5 Å². The molecule has 208 valence electrons. The summed E-state index contributed by atoms with van der Waals surface area (Å²) in [5, 5.41) is 12.3. The first kappa shape index (κ1) is 28.0. The Morgan fingerprint density at radius 1 is 0.950 bits per heavy atom. The lowest BCUT2D eigenvalue weighted by Gasteiger charge is -2.26. The minimum atomic E-state index is -0.859. The standard InChI is InChI=1S/C33H38N4O2S/c1-24-6-10-26(11-7-24)27-12-8-25(9-13-27)19-36(2)30-16-14-28(15-17-30)31-23-40-32(35-31)21-37(22-33(38)39)20-29-5-3-4-18-34-29/h3-5,8-9,12-18,23-24,26H,6-7,10-11,19-22H2,1-2H3,(H,38,39)/t24-,26-. The third-order valence-corrected chi connectivity index (χ3v) is 8.71. The van der Waals surface area contributed by atoms with Crippen molar-refractivity contribution in [3.05, 3.63) is 100 Å². The summed E-state index contributed by atoms with van der Waals surface area (Å²) < 4.78 is 0. The highest BCUT2D eigenvalue weighted by molar-refractivity contribution is 7.09. The maximum atomic E-state index is 11.4. The smallest absolute Gasteiger partial charge is 0.317 e. The minimum absolute atomic E-state index is 0.0604. The summed E-state index contributed by atoms with van der Waals surface area (Å²) in [6.45, 7) is 4.10. The van der Waals surface area contributed by atoms with Crippen molar-refractivity contribution in [1.82, 2.24) is 14.9 Å². The van der Waals surface area contributed by atoms with Crippen LogP contribution in [0.25, 0.3) is 11.3 Å². The Hall–Kier alpha value is -3.55. The van der Waals surface area contributed by atoms with E-state index in [0.29, 0.717) is 13.1 Å². The second-order valence-electron chi connectivity index (χ2n) is 11.1. The van der Waals surface area contributed by atoms with E-state index in [1.54, 1.807) is 17.5 Å². The predicted octanol–water partition coefficient (Wildman–Crippen LogP) is 7.22. The summed E-state index contributed by atoms with van der Waals surface area (Å²) in [6, 6.07) is 23.4. The lowest BCUT2D eigenvalue weighted by molar-refractivity contribution is -0.138. The Morgan fingerprint density at radius 3 is 2.38 bits per heavy atom. The zero-order chi connectivity index (χ0) is 27.9. The molecule has 0 amide bonds. The second-order valence-corrected chi connectivity index (χ2v) is 12.0. The fourth-order valence-corrected chi connectivity index (χ4v) is 6.37. The number of rotatable bonds is 11. The average Bonchev–Trinajstić information content (AvgIpc) is 3.42. The molecular weight excluding hydrogens is 516 g/mol. The van der Waals surface area contributed by atoms with Gasteiger partial charge in [-0.2, -0.15) is 0 Å². The molecule has 5 rings (SSSR count). The summed E-state index contributed by atoms with van der Waals surface area (Å²) in [4.78, 5) is 24.7. The van der Waals surface area contributed by atoms with Gasteiger partial charge in [-0.1, -0.05) is 62.2 Å². The van der Waals surface area contributed by atoms with Crippen molar-refractivity contribution in [1.29, 1.82) is 0 Å². The van der Waals surface area contributed by atoms with Crippen LogP contribution in [0.5, 0.6) is 0 Å². The first-order valence-electron chi connectivity index (χ1n) is 14.1. The molecular formula is C33H38N4O2S. The van der Waals surface area contributed by atoms with Crippen molar-refractivity contribution < 1.29 is 9.90 Å². The Labute approximate surface area is 241 Å². The number of benzene rings is 2. The van der Waals surface area contributed by atoms with Crippen LogP contribution in [0.15, 0.2) is 78.3 Å². The lowest BCUT2D eigenvalue weighted by atomic mass is 9.79. The Bertz CT molecular complexity index is 1360. The normalized spacial score (nSPS) is 17.2. The van der Waals surface area contributed by atoms with Crippen LogP contribution < -0.4 is 4.90 Å². The molecule has 0 aliphatic heterocycles. The lowest BCUT2D eigenvalue weighted by Crippen LogP contribution is -2.29. The van der Waals surface area contributed by atoms with Gasteiger partial charge in [0.2, 0.25) is 0 Å². The highest BCUT2D eigenvalue weighted by Gasteiger charge is 2.19. The van der Waals surface area contributed by atoms with Gasteiger partial charge in [0, 0.05) is 43.0 Å². The Balaban J connectivity index is 1.18. The number of carboxylic acid groups (broad SMARTS) is 1. The van der Waals surface area contributed by atoms with E-state index in [1.165, 1.54) is 36.8 Å². The molecule has 0 saturated heterocycles. The molecule has 0 unspecified atom stereocenters. The van der Waals surface area contributed by atoms with Crippen LogP contribution in [0.4, 0.5) is 5.69 Å². The number of nitrogens with zero attached hydrogens (tertiary/aromatic N) is 4. The van der Waals surface area contributed by atoms with Gasteiger partial charge in [-0.15, -0.1) is 11.3 Å². The zero-order valence-electron chi connectivity index (χ0n) is 23.4. The Morgan fingerprint density at radius 2 is 1.70 bits per heavy atom. The van der Waals surface area contributed by atoms with Gasteiger partial charge in [0.05, 0.1) is 24.5 Å². The SMILES string of the molecule is CN(Cc1ccc([C@H]2CC[C@H](C)CC2)cc1)c1ccc(-c2csc(CN(CC(=O)O)Cc3ccccn3)n2)cc1. The number of hydrogen-bond donors (Lipinski definition) is 1. The molecule has 2 aromatic heterocycles. The summed E-state index contributed by atoms with van der Waals surface area (Å²) in [7, 11) is 2.13. The second kappa shape index (κ2) is 13.2. The van der Waals surface area contributed by atoms with E-state index >= 15 is 0 Å². The van der Waals surface area contributed by atoms with Crippen LogP contribution in [0.2, 0.25) is 0 Å².